The van der Waals surface area contributed by atoms with Crippen molar-refractivity contribution in [2.24, 2.45) is 0 Å². The van der Waals surface area contributed by atoms with Gasteiger partial charge >= 0.3 is 0 Å². The van der Waals surface area contributed by atoms with Gasteiger partial charge < -0.3 is 15.7 Å². The van der Waals surface area contributed by atoms with E-state index in [0.29, 0.717) is 11.5 Å². The van der Waals surface area contributed by atoms with Crippen LogP contribution in [0.1, 0.15) is 31.0 Å². The van der Waals surface area contributed by atoms with E-state index in [9.17, 15) is 9.90 Å². The van der Waals surface area contributed by atoms with Crippen molar-refractivity contribution in [3.8, 4) is 5.75 Å². The lowest BCUT2D eigenvalue weighted by Gasteiger charge is -2.30. The van der Waals surface area contributed by atoms with Crippen LogP contribution in [-0.4, -0.2) is 20.6 Å². The van der Waals surface area contributed by atoms with Crippen LogP contribution in [0.15, 0.2) is 84.1 Å². The van der Waals surface area contributed by atoms with Crippen LogP contribution >= 0.6 is 0 Å². The minimum Gasteiger partial charge on any atom is -0.508 e. The molecule has 2 heterocycles. The lowest BCUT2D eigenvalue weighted by Crippen LogP contribution is -2.30. The molecule has 3 aromatic carbocycles. The van der Waals surface area contributed by atoms with Gasteiger partial charge in [0.15, 0.2) is 0 Å². The lowest BCUT2D eigenvalue weighted by atomic mass is 9.94. The molecule has 5 rings (SSSR count). The number of phenols is 1. The molecule has 0 unspecified atom stereocenters. The van der Waals surface area contributed by atoms with Crippen molar-refractivity contribution in [2.75, 3.05) is 10.6 Å². The molecule has 6 nitrogen and oxygen atoms in total. The Hall–Kier alpha value is -4.06. The van der Waals surface area contributed by atoms with Gasteiger partial charge in [0, 0.05) is 11.4 Å². The summed E-state index contributed by atoms with van der Waals surface area (Å²) in [5.41, 5.74) is 5.98. The molecule has 3 N–H and O–H groups in total. The predicted octanol–water partition coefficient (Wildman–Crippen LogP) is 5.23. The van der Waals surface area contributed by atoms with Gasteiger partial charge in [-0.05, 0) is 60.9 Å². The third-order valence-corrected chi connectivity index (χ3v) is 5.90. The van der Waals surface area contributed by atoms with E-state index in [1.54, 1.807) is 12.1 Å². The zero-order chi connectivity index (χ0) is 22.2. The molecule has 6 heteroatoms. The van der Waals surface area contributed by atoms with E-state index in [1.807, 2.05) is 72.2 Å². The average molecular weight is 425 g/mol. The first kappa shape index (κ1) is 19.9. The highest BCUT2D eigenvalue weighted by atomic mass is 16.3. The van der Waals surface area contributed by atoms with Crippen molar-refractivity contribution in [3.63, 3.8) is 0 Å². The summed E-state index contributed by atoms with van der Waals surface area (Å²) in [6.45, 7) is 4.00. The van der Waals surface area contributed by atoms with Crippen molar-refractivity contribution in [3.05, 3.63) is 95.2 Å². The number of phenolic OH excluding ortho intramolecular Hbond substituents is 1. The first-order valence-electron chi connectivity index (χ1n) is 10.7. The van der Waals surface area contributed by atoms with E-state index in [4.69, 9.17) is 4.98 Å². The second-order valence-electron chi connectivity index (χ2n) is 7.96. The number of amides is 1. The molecule has 1 amide bonds. The summed E-state index contributed by atoms with van der Waals surface area (Å²) >= 11 is 0. The SMILES string of the molecule is CCc1ccc(NC(=O)C2=C(C)Nc3nc4ccccc4n3[C@@H]2c2ccc(O)cc2)cc1. The highest BCUT2D eigenvalue weighted by Gasteiger charge is 2.34. The summed E-state index contributed by atoms with van der Waals surface area (Å²) in [4.78, 5) is 18.3. The van der Waals surface area contributed by atoms with E-state index in [1.165, 1.54) is 5.56 Å². The number of para-hydroxylation sites is 2. The fourth-order valence-corrected chi connectivity index (χ4v) is 4.25. The Kier molecular flexibility index (Phi) is 4.90. The van der Waals surface area contributed by atoms with Crippen LogP contribution in [-0.2, 0) is 11.2 Å². The van der Waals surface area contributed by atoms with Gasteiger partial charge in [-0.3, -0.25) is 9.36 Å². The highest BCUT2D eigenvalue weighted by molar-refractivity contribution is 6.06. The van der Waals surface area contributed by atoms with Gasteiger partial charge in [0.25, 0.3) is 5.91 Å². The molecule has 160 valence electrons. The minimum atomic E-state index is -0.394. The first-order chi connectivity index (χ1) is 15.5. The number of aryl methyl sites for hydroxylation is 1. The normalized spacial score (nSPS) is 15.4. The number of hydrogen-bond acceptors (Lipinski definition) is 4. The summed E-state index contributed by atoms with van der Waals surface area (Å²) in [5.74, 6) is 0.687. The van der Waals surface area contributed by atoms with E-state index >= 15 is 0 Å². The van der Waals surface area contributed by atoms with E-state index in [0.717, 1.165) is 34.4 Å². The number of aromatic hydroxyl groups is 1. The van der Waals surface area contributed by atoms with Crippen molar-refractivity contribution >= 4 is 28.6 Å². The number of hydrogen-bond donors (Lipinski definition) is 3. The molecule has 0 spiro atoms. The average Bonchev–Trinajstić information content (AvgIpc) is 3.17. The Bertz CT molecular complexity index is 1330. The zero-order valence-corrected chi connectivity index (χ0v) is 18.0. The summed E-state index contributed by atoms with van der Waals surface area (Å²) < 4.78 is 2.05. The van der Waals surface area contributed by atoms with Crippen LogP contribution in [0.2, 0.25) is 0 Å². The maximum atomic E-state index is 13.6. The Morgan fingerprint density at radius 1 is 1.06 bits per heavy atom. The van der Waals surface area contributed by atoms with Gasteiger partial charge in [0.1, 0.15) is 5.75 Å². The topological polar surface area (TPSA) is 79.2 Å². The van der Waals surface area contributed by atoms with Gasteiger partial charge in [0.05, 0.1) is 22.6 Å². The second kappa shape index (κ2) is 7.89. The number of nitrogens with one attached hydrogen (secondary N) is 2. The molecule has 1 aliphatic heterocycles. The third-order valence-electron chi connectivity index (χ3n) is 5.90. The van der Waals surface area contributed by atoms with Crippen LogP contribution in [0.5, 0.6) is 5.75 Å². The second-order valence-corrected chi connectivity index (χ2v) is 7.96. The van der Waals surface area contributed by atoms with Gasteiger partial charge in [-0.15, -0.1) is 0 Å². The largest absolute Gasteiger partial charge is 0.508 e. The summed E-state index contributed by atoms with van der Waals surface area (Å²) in [5, 5.41) is 16.2. The van der Waals surface area contributed by atoms with Crippen LogP contribution in [0.4, 0.5) is 11.6 Å². The number of rotatable bonds is 4. The summed E-state index contributed by atoms with van der Waals surface area (Å²) in [6.07, 6.45) is 0.946. The molecule has 0 fully saturated rings. The molecule has 1 aromatic heterocycles. The van der Waals surface area contributed by atoms with Crippen molar-refractivity contribution in [1.29, 1.82) is 0 Å². The molecular formula is C26H24N4O2. The van der Waals surface area contributed by atoms with E-state index < -0.39 is 6.04 Å². The third kappa shape index (κ3) is 3.39. The van der Waals surface area contributed by atoms with Crippen molar-refractivity contribution in [2.45, 2.75) is 26.3 Å². The highest BCUT2D eigenvalue weighted by Crippen LogP contribution is 2.39. The van der Waals surface area contributed by atoms with Crippen LogP contribution in [0.3, 0.4) is 0 Å². The Labute approximate surface area is 186 Å². The monoisotopic (exact) mass is 424 g/mol. The molecule has 0 aliphatic carbocycles. The number of imidazole rings is 1. The van der Waals surface area contributed by atoms with Gasteiger partial charge in [-0.1, -0.05) is 43.3 Å². The number of benzene rings is 3. The van der Waals surface area contributed by atoms with Gasteiger partial charge in [-0.25, -0.2) is 4.98 Å². The molecule has 1 aliphatic rings. The standard InChI is InChI=1S/C26H24N4O2/c1-3-17-8-12-19(13-9-17)28-25(32)23-16(2)27-26-29-21-6-4-5-7-22(21)30(26)24(23)18-10-14-20(31)15-11-18/h4-15,24,31H,3H2,1-2H3,(H,27,29)(H,28,32)/t24-/m1/s1. The fourth-order valence-electron chi connectivity index (χ4n) is 4.25. The fraction of sp³-hybridized carbons (Fsp3) is 0.154. The maximum absolute atomic E-state index is 13.6. The number of anilines is 2. The van der Waals surface area contributed by atoms with Gasteiger partial charge in [0.2, 0.25) is 5.95 Å². The Morgan fingerprint density at radius 2 is 1.78 bits per heavy atom. The molecule has 1 atom stereocenters. The first-order valence-corrected chi connectivity index (χ1v) is 10.7. The molecule has 0 saturated heterocycles. The number of carbonyl (C=O) groups excluding carboxylic acids is 1. The van der Waals surface area contributed by atoms with E-state index in [2.05, 4.69) is 17.6 Å². The minimum absolute atomic E-state index is 0.180. The number of carbonyl (C=O) groups is 1. The van der Waals surface area contributed by atoms with Gasteiger partial charge in [-0.2, -0.15) is 0 Å². The number of allylic oxidation sites excluding steroid dienone is 1. The van der Waals surface area contributed by atoms with Crippen LogP contribution in [0, 0.1) is 0 Å². The Morgan fingerprint density at radius 3 is 2.50 bits per heavy atom. The van der Waals surface area contributed by atoms with Crippen molar-refractivity contribution < 1.29 is 9.90 Å². The maximum Gasteiger partial charge on any atom is 0.255 e. The molecule has 4 aromatic rings. The van der Waals surface area contributed by atoms with Crippen molar-refractivity contribution in [1.82, 2.24) is 9.55 Å². The quantitative estimate of drug-likeness (QED) is 0.419. The molecular weight excluding hydrogens is 400 g/mol. The molecule has 0 radical (unpaired) electrons. The molecule has 32 heavy (non-hydrogen) atoms. The number of aromatic nitrogens is 2. The van der Waals surface area contributed by atoms with E-state index in [-0.39, 0.29) is 11.7 Å². The number of nitrogens with zero attached hydrogens (tertiary/aromatic N) is 2. The Balaban J connectivity index is 1.62. The predicted molar refractivity (Wildman–Crippen MR) is 127 cm³/mol. The van der Waals surface area contributed by atoms with Crippen LogP contribution < -0.4 is 10.6 Å². The molecule has 0 bridgehead atoms. The van der Waals surface area contributed by atoms with Crippen LogP contribution in [0.25, 0.3) is 11.0 Å². The smallest absolute Gasteiger partial charge is 0.255 e. The number of fused-ring (bicyclic) bond motifs is 3. The summed E-state index contributed by atoms with van der Waals surface area (Å²) in [6, 6.07) is 22.4. The zero-order valence-electron chi connectivity index (χ0n) is 18.0. The summed E-state index contributed by atoms with van der Waals surface area (Å²) in [7, 11) is 0. The molecule has 0 saturated carbocycles. The lowest BCUT2D eigenvalue weighted by molar-refractivity contribution is -0.113.